The second kappa shape index (κ2) is 5.34. The third-order valence-corrected chi connectivity index (χ3v) is 3.36. The topological polar surface area (TPSA) is 87.6 Å². The number of fused-ring (bicyclic) bond motifs is 1. The molecule has 3 rings (SSSR count). The number of hydrogen-bond donors (Lipinski definition) is 2. The zero-order valence-electron chi connectivity index (χ0n) is 11.3. The van der Waals surface area contributed by atoms with Crippen LogP contribution >= 0.6 is 0 Å². The van der Waals surface area contributed by atoms with Crippen molar-refractivity contribution in [1.29, 1.82) is 0 Å². The molecular weight excluding hydrogens is 270 g/mol. The molecule has 0 aliphatic rings. The van der Waals surface area contributed by atoms with Gasteiger partial charge in [0.1, 0.15) is 23.2 Å². The molecule has 0 fully saturated rings. The Morgan fingerprint density at radius 1 is 1.38 bits per heavy atom. The minimum atomic E-state index is -0.880. The fourth-order valence-electron chi connectivity index (χ4n) is 2.27. The van der Waals surface area contributed by atoms with Crippen molar-refractivity contribution in [2.24, 2.45) is 5.18 Å². The Kier molecular flexibility index (Phi) is 3.37. The summed E-state index contributed by atoms with van der Waals surface area (Å²) in [7, 11) is 1.56. The van der Waals surface area contributed by atoms with Crippen molar-refractivity contribution in [2.75, 3.05) is 7.11 Å². The number of methoxy groups -OCH3 is 1. The Bertz CT molecular complexity index is 798. The summed E-state index contributed by atoms with van der Waals surface area (Å²) in [5, 5.41) is 14.2. The minimum Gasteiger partial charge on any atom is -0.495 e. The van der Waals surface area contributed by atoms with Crippen LogP contribution in [0.4, 0.5) is 5.69 Å². The summed E-state index contributed by atoms with van der Waals surface area (Å²) in [6, 6.07) is 8.38. The fourth-order valence-corrected chi connectivity index (χ4v) is 2.27. The predicted molar refractivity (Wildman–Crippen MR) is 78.6 cm³/mol. The maximum Gasteiger partial charge on any atom is 0.137 e. The Labute approximate surface area is 120 Å². The molecular formula is C15H13N3O3. The number of H-pyrrole nitrogens is 1. The lowest BCUT2D eigenvalue weighted by Gasteiger charge is -2.10. The van der Waals surface area contributed by atoms with Crippen LogP contribution in [0, 0.1) is 4.91 Å². The lowest BCUT2D eigenvalue weighted by Crippen LogP contribution is -1.98. The van der Waals surface area contributed by atoms with E-state index in [2.05, 4.69) is 15.1 Å². The van der Waals surface area contributed by atoms with Crippen molar-refractivity contribution in [3.63, 3.8) is 0 Å². The zero-order valence-corrected chi connectivity index (χ0v) is 11.3. The van der Waals surface area contributed by atoms with Gasteiger partial charge in [0, 0.05) is 17.1 Å². The Hall–Kier alpha value is -2.73. The van der Waals surface area contributed by atoms with E-state index < -0.39 is 6.10 Å². The van der Waals surface area contributed by atoms with E-state index in [1.807, 2.05) is 0 Å². The third-order valence-electron chi connectivity index (χ3n) is 3.36. The van der Waals surface area contributed by atoms with Gasteiger partial charge in [-0.15, -0.1) is 4.91 Å². The number of rotatable bonds is 4. The molecule has 3 aromatic rings. The minimum absolute atomic E-state index is 0.280. The molecule has 0 aliphatic heterocycles. The van der Waals surface area contributed by atoms with Crippen LogP contribution in [0.2, 0.25) is 0 Å². The summed E-state index contributed by atoms with van der Waals surface area (Å²) in [5.74, 6) is 0.610. The summed E-state index contributed by atoms with van der Waals surface area (Å²) in [5.41, 5.74) is 2.20. The van der Waals surface area contributed by atoms with E-state index in [0.717, 1.165) is 5.39 Å². The molecule has 106 valence electrons. The van der Waals surface area contributed by atoms with Crippen molar-refractivity contribution in [3.05, 3.63) is 58.8 Å². The summed E-state index contributed by atoms with van der Waals surface area (Å²) < 4.78 is 5.15. The van der Waals surface area contributed by atoms with Crippen LogP contribution in [-0.2, 0) is 0 Å². The monoisotopic (exact) mass is 283 g/mol. The lowest BCUT2D eigenvalue weighted by molar-refractivity contribution is 0.222. The Morgan fingerprint density at radius 3 is 3.00 bits per heavy atom. The number of nitrogens with one attached hydrogen (secondary N) is 1. The van der Waals surface area contributed by atoms with Crippen molar-refractivity contribution in [2.45, 2.75) is 6.10 Å². The molecule has 2 N–H and O–H groups in total. The van der Waals surface area contributed by atoms with Crippen LogP contribution in [0.3, 0.4) is 0 Å². The van der Waals surface area contributed by atoms with Gasteiger partial charge >= 0.3 is 0 Å². The van der Waals surface area contributed by atoms with Gasteiger partial charge in [0.2, 0.25) is 0 Å². The normalized spacial score (nSPS) is 12.3. The molecule has 21 heavy (non-hydrogen) atoms. The van der Waals surface area contributed by atoms with Gasteiger partial charge in [0.15, 0.2) is 0 Å². The zero-order chi connectivity index (χ0) is 14.8. The summed E-state index contributed by atoms with van der Waals surface area (Å²) in [6.45, 7) is 0. The molecule has 0 saturated heterocycles. The van der Waals surface area contributed by atoms with Gasteiger partial charge in [-0.2, -0.15) is 0 Å². The second-order valence-corrected chi connectivity index (χ2v) is 4.60. The van der Waals surface area contributed by atoms with Crippen molar-refractivity contribution < 1.29 is 9.84 Å². The molecule has 2 aromatic heterocycles. The van der Waals surface area contributed by atoms with Crippen LogP contribution in [0.15, 0.2) is 47.9 Å². The number of aliphatic hydroxyl groups excluding tert-OH is 1. The first kappa shape index (κ1) is 13.3. The molecule has 6 heteroatoms. The summed E-state index contributed by atoms with van der Waals surface area (Å²) in [4.78, 5) is 17.8. The molecule has 1 atom stereocenters. The molecule has 0 saturated carbocycles. The van der Waals surface area contributed by atoms with Gasteiger partial charge in [-0.1, -0.05) is 12.1 Å². The lowest BCUT2D eigenvalue weighted by atomic mass is 10.0. The van der Waals surface area contributed by atoms with Crippen molar-refractivity contribution in [1.82, 2.24) is 9.97 Å². The van der Waals surface area contributed by atoms with Crippen LogP contribution < -0.4 is 4.74 Å². The quantitative estimate of drug-likeness (QED) is 0.720. The van der Waals surface area contributed by atoms with Gasteiger partial charge < -0.3 is 14.8 Å². The largest absolute Gasteiger partial charge is 0.495 e. The average Bonchev–Trinajstić information content (AvgIpc) is 2.97. The Morgan fingerprint density at radius 2 is 2.24 bits per heavy atom. The highest BCUT2D eigenvalue weighted by Gasteiger charge is 2.16. The third kappa shape index (κ3) is 2.36. The van der Waals surface area contributed by atoms with Gasteiger partial charge in [0.25, 0.3) is 0 Å². The van der Waals surface area contributed by atoms with Crippen LogP contribution in [0.5, 0.6) is 5.75 Å². The molecule has 0 radical (unpaired) electrons. The maximum absolute atomic E-state index is 10.6. The van der Waals surface area contributed by atoms with E-state index in [4.69, 9.17) is 4.74 Å². The maximum atomic E-state index is 10.6. The number of pyridine rings is 1. The summed E-state index contributed by atoms with van der Waals surface area (Å²) in [6.07, 6.45) is 2.42. The molecule has 6 nitrogen and oxygen atoms in total. The Balaban J connectivity index is 2.08. The number of nitrogens with zero attached hydrogens (tertiary/aromatic N) is 2. The number of hydrogen-bond acceptors (Lipinski definition) is 5. The number of aromatic amines is 1. The van der Waals surface area contributed by atoms with E-state index in [9.17, 15) is 10.0 Å². The number of ether oxygens (including phenoxy) is 1. The van der Waals surface area contributed by atoms with E-state index in [0.29, 0.717) is 22.5 Å². The number of aromatic nitrogens is 2. The van der Waals surface area contributed by atoms with Crippen LogP contribution in [-0.4, -0.2) is 22.2 Å². The molecule has 1 aromatic carbocycles. The first-order valence-corrected chi connectivity index (χ1v) is 6.35. The standard InChI is InChI=1S/C15H13N3O3/c1-21-11-6-12-13(8-17-15(12)16-7-11)14(19)9-3-2-4-10(5-9)18-20/h2-8,14,19H,1H3,(H,16,17). The smallest absolute Gasteiger partial charge is 0.137 e. The first-order valence-electron chi connectivity index (χ1n) is 6.35. The molecule has 0 spiro atoms. The molecule has 0 amide bonds. The van der Waals surface area contributed by atoms with Crippen molar-refractivity contribution >= 4 is 16.7 Å². The van der Waals surface area contributed by atoms with Crippen LogP contribution in [0.1, 0.15) is 17.2 Å². The number of aliphatic hydroxyl groups is 1. The molecule has 2 heterocycles. The highest BCUT2D eigenvalue weighted by atomic mass is 16.5. The number of nitroso groups, excluding NO2 is 1. The first-order chi connectivity index (χ1) is 10.2. The fraction of sp³-hybridized carbons (Fsp3) is 0.133. The van der Waals surface area contributed by atoms with Gasteiger partial charge in [0.05, 0.1) is 13.3 Å². The van der Waals surface area contributed by atoms with Gasteiger partial charge in [-0.25, -0.2) is 4.98 Å². The van der Waals surface area contributed by atoms with Gasteiger partial charge in [-0.05, 0) is 28.9 Å². The van der Waals surface area contributed by atoms with Gasteiger partial charge in [-0.3, -0.25) is 0 Å². The van der Waals surface area contributed by atoms with E-state index in [1.54, 1.807) is 49.8 Å². The summed E-state index contributed by atoms with van der Waals surface area (Å²) >= 11 is 0. The molecule has 0 bridgehead atoms. The van der Waals surface area contributed by atoms with E-state index >= 15 is 0 Å². The SMILES string of the molecule is COc1cnc2[nH]cc(C(O)c3cccc(N=O)c3)c2c1. The molecule has 0 aliphatic carbocycles. The van der Waals surface area contributed by atoms with Crippen molar-refractivity contribution in [3.8, 4) is 5.75 Å². The molecule has 1 unspecified atom stereocenters. The highest BCUT2D eigenvalue weighted by Crippen LogP contribution is 2.31. The van der Waals surface area contributed by atoms with E-state index in [-0.39, 0.29) is 5.69 Å². The number of benzene rings is 1. The highest BCUT2D eigenvalue weighted by molar-refractivity contribution is 5.81. The van der Waals surface area contributed by atoms with E-state index in [1.165, 1.54) is 0 Å². The average molecular weight is 283 g/mol. The van der Waals surface area contributed by atoms with Crippen LogP contribution in [0.25, 0.3) is 11.0 Å². The predicted octanol–water partition coefficient (Wildman–Crippen LogP) is 3.05. The second-order valence-electron chi connectivity index (χ2n) is 4.60.